The zero-order valence-corrected chi connectivity index (χ0v) is 21.4. The molecule has 2 heterocycles. The first kappa shape index (κ1) is 25.1. The maximum atomic E-state index is 14.7. The van der Waals surface area contributed by atoms with E-state index in [0.29, 0.717) is 36.2 Å². The van der Waals surface area contributed by atoms with Crippen LogP contribution >= 0.6 is 0 Å². The number of hydrogen-bond acceptors (Lipinski definition) is 5. The molecule has 0 saturated carbocycles. The van der Waals surface area contributed by atoms with Crippen molar-refractivity contribution in [1.82, 2.24) is 15.5 Å². The zero-order valence-electron chi connectivity index (χ0n) is 20.6. The van der Waals surface area contributed by atoms with Crippen LogP contribution in [-0.4, -0.2) is 49.6 Å². The van der Waals surface area contributed by atoms with Crippen LogP contribution in [0.2, 0.25) is 0 Å². The number of carbonyl (C=O) groups excluding carboxylic acids is 2. The highest BCUT2D eigenvalue weighted by Gasteiger charge is 2.56. The van der Waals surface area contributed by atoms with Crippen molar-refractivity contribution in [2.24, 2.45) is 0 Å². The van der Waals surface area contributed by atoms with E-state index < -0.39 is 39.0 Å². The van der Waals surface area contributed by atoms with Crippen molar-refractivity contribution < 1.29 is 22.4 Å². The summed E-state index contributed by atoms with van der Waals surface area (Å²) in [7, 11) is -3.38. The van der Waals surface area contributed by atoms with Gasteiger partial charge >= 0.3 is 6.03 Å². The van der Waals surface area contributed by atoms with E-state index in [2.05, 4.69) is 15.5 Å². The molecule has 0 radical (unpaired) electrons. The van der Waals surface area contributed by atoms with Crippen LogP contribution in [0.5, 0.6) is 0 Å². The summed E-state index contributed by atoms with van der Waals surface area (Å²) in [4.78, 5) is 28.0. The highest BCUT2D eigenvalue weighted by Crippen LogP contribution is 2.44. The number of benzene rings is 3. The lowest BCUT2D eigenvalue weighted by molar-refractivity contribution is -0.127. The minimum Gasteiger partial charge on any atom is -0.323 e. The predicted octanol–water partition coefficient (Wildman–Crippen LogP) is 3.85. The van der Waals surface area contributed by atoms with Crippen LogP contribution in [0.25, 0.3) is 11.1 Å². The first-order chi connectivity index (χ1) is 17.6. The minimum atomic E-state index is -3.38. The second kappa shape index (κ2) is 9.39. The Morgan fingerprint density at radius 3 is 2.35 bits per heavy atom. The van der Waals surface area contributed by atoms with Gasteiger partial charge in [0.1, 0.15) is 11.4 Å². The lowest BCUT2D eigenvalue weighted by atomic mass is 9.70. The van der Waals surface area contributed by atoms with Gasteiger partial charge in [-0.05, 0) is 59.9 Å². The zero-order chi connectivity index (χ0) is 26.4. The fraction of sp³-hybridized carbons (Fsp3) is 0.286. The first-order valence-electron chi connectivity index (χ1n) is 12.1. The van der Waals surface area contributed by atoms with E-state index in [0.717, 1.165) is 11.8 Å². The van der Waals surface area contributed by atoms with E-state index in [1.807, 2.05) is 37.3 Å². The molecule has 3 atom stereocenters. The SMILES string of the molecule is CC1CC2(NC(=O)NC2=O)C(c2cc(F)ccc2-c2ccc(S(C)(=O)=O)cc2)CN1Cc1ccccc1. The number of rotatable bonds is 5. The number of halogens is 1. The lowest BCUT2D eigenvalue weighted by Gasteiger charge is -2.48. The van der Waals surface area contributed by atoms with Crippen LogP contribution in [0.3, 0.4) is 0 Å². The predicted molar refractivity (Wildman–Crippen MR) is 138 cm³/mol. The number of imide groups is 1. The van der Waals surface area contributed by atoms with E-state index >= 15 is 0 Å². The summed E-state index contributed by atoms with van der Waals surface area (Å²) in [6, 6.07) is 20.2. The Bertz CT molecular complexity index is 1460. The van der Waals surface area contributed by atoms with Crippen LogP contribution in [0.4, 0.5) is 9.18 Å². The summed E-state index contributed by atoms with van der Waals surface area (Å²) >= 11 is 0. The van der Waals surface area contributed by atoms with Crippen LogP contribution < -0.4 is 10.6 Å². The summed E-state index contributed by atoms with van der Waals surface area (Å²) < 4.78 is 38.6. The van der Waals surface area contributed by atoms with Crippen molar-refractivity contribution in [3.05, 3.63) is 89.7 Å². The van der Waals surface area contributed by atoms with Gasteiger partial charge in [0.15, 0.2) is 9.84 Å². The maximum Gasteiger partial charge on any atom is 0.322 e. The smallest absolute Gasteiger partial charge is 0.322 e. The molecule has 2 fully saturated rings. The molecule has 192 valence electrons. The standard InChI is InChI=1S/C28H28FN3O4S/c1-18-15-28(26(33)30-27(34)31-28)25(17-32(18)16-19-6-4-3-5-7-19)24-14-21(29)10-13-23(24)20-8-11-22(12-9-20)37(2,35)36/h3-14,18,25H,15-17H2,1-2H3,(H2,30,31,33,34). The molecule has 1 spiro atoms. The van der Waals surface area contributed by atoms with Crippen molar-refractivity contribution in [3.8, 4) is 11.1 Å². The third-order valence-corrected chi connectivity index (χ3v) is 8.56. The first-order valence-corrected chi connectivity index (χ1v) is 14.0. The third kappa shape index (κ3) is 4.76. The van der Waals surface area contributed by atoms with Gasteiger partial charge in [-0.2, -0.15) is 0 Å². The van der Waals surface area contributed by atoms with E-state index in [-0.39, 0.29) is 10.9 Å². The molecule has 3 amide bonds. The van der Waals surface area contributed by atoms with Crippen LogP contribution in [0, 0.1) is 5.82 Å². The molecule has 37 heavy (non-hydrogen) atoms. The van der Waals surface area contributed by atoms with Crippen molar-refractivity contribution in [1.29, 1.82) is 0 Å². The number of likely N-dealkylation sites (tertiary alicyclic amines) is 1. The molecule has 2 aliphatic heterocycles. The number of urea groups is 1. The van der Waals surface area contributed by atoms with Gasteiger partial charge in [0.25, 0.3) is 5.91 Å². The maximum absolute atomic E-state index is 14.7. The molecular formula is C28H28FN3O4S. The summed E-state index contributed by atoms with van der Waals surface area (Å²) in [5.41, 5.74) is 1.82. The second-order valence-electron chi connectivity index (χ2n) is 9.93. The molecule has 0 bridgehead atoms. The molecule has 5 rings (SSSR count). The van der Waals surface area contributed by atoms with Crippen molar-refractivity contribution in [2.45, 2.75) is 42.3 Å². The Labute approximate surface area is 215 Å². The minimum absolute atomic E-state index is 0.0355. The van der Waals surface area contributed by atoms with Gasteiger partial charge in [-0.15, -0.1) is 0 Å². The average Bonchev–Trinajstić information content (AvgIpc) is 3.13. The van der Waals surface area contributed by atoms with Crippen molar-refractivity contribution in [3.63, 3.8) is 0 Å². The second-order valence-corrected chi connectivity index (χ2v) is 11.9. The largest absolute Gasteiger partial charge is 0.323 e. The normalized spacial score (nSPS) is 24.2. The van der Waals surface area contributed by atoms with E-state index in [4.69, 9.17) is 0 Å². The van der Waals surface area contributed by atoms with Crippen LogP contribution in [0.15, 0.2) is 77.7 Å². The van der Waals surface area contributed by atoms with Crippen molar-refractivity contribution >= 4 is 21.8 Å². The molecular weight excluding hydrogens is 493 g/mol. The highest BCUT2D eigenvalue weighted by atomic mass is 32.2. The van der Waals surface area contributed by atoms with E-state index in [9.17, 15) is 22.4 Å². The molecule has 3 aromatic rings. The van der Waals surface area contributed by atoms with Gasteiger partial charge in [-0.25, -0.2) is 17.6 Å². The molecule has 2 aliphatic rings. The summed E-state index contributed by atoms with van der Waals surface area (Å²) in [6.07, 6.45) is 1.49. The fourth-order valence-electron chi connectivity index (χ4n) is 5.57. The Morgan fingerprint density at radius 1 is 1.03 bits per heavy atom. The van der Waals surface area contributed by atoms with Crippen LogP contribution in [-0.2, 0) is 21.2 Å². The number of carbonyl (C=O) groups is 2. The van der Waals surface area contributed by atoms with E-state index in [1.165, 1.54) is 24.3 Å². The fourth-order valence-corrected chi connectivity index (χ4v) is 6.20. The van der Waals surface area contributed by atoms with Gasteiger partial charge in [-0.3, -0.25) is 15.0 Å². The number of piperidine rings is 1. The van der Waals surface area contributed by atoms with Gasteiger partial charge in [-0.1, -0.05) is 48.5 Å². The van der Waals surface area contributed by atoms with E-state index in [1.54, 1.807) is 18.2 Å². The summed E-state index contributed by atoms with van der Waals surface area (Å²) in [6.45, 7) is 3.06. The Morgan fingerprint density at radius 2 is 1.73 bits per heavy atom. The Kier molecular flexibility index (Phi) is 6.37. The lowest BCUT2D eigenvalue weighted by Crippen LogP contribution is -2.62. The number of sulfone groups is 1. The number of nitrogens with zero attached hydrogens (tertiary/aromatic N) is 1. The molecule has 2 saturated heterocycles. The summed E-state index contributed by atoms with van der Waals surface area (Å²) in [5, 5.41) is 5.27. The highest BCUT2D eigenvalue weighted by molar-refractivity contribution is 7.90. The molecule has 3 unspecified atom stereocenters. The topological polar surface area (TPSA) is 95.6 Å². The molecule has 9 heteroatoms. The van der Waals surface area contributed by atoms with Gasteiger partial charge < -0.3 is 5.32 Å². The quantitative estimate of drug-likeness (QED) is 0.498. The Hall–Kier alpha value is -3.56. The molecule has 0 aliphatic carbocycles. The molecule has 0 aromatic heterocycles. The number of amides is 3. The molecule has 3 aromatic carbocycles. The summed E-state index contributed by atoms with van der Waals surface area (Å²) in [5.74, 6) is -1.44. The molecule has 2 N–H and O–H groups in total. The third-order valence-electron chi connectivity index (χ3n) is 7.43. The monoisotopic (exact) mass is 521 g/mol. The van der Waals surface area contributed by atoms with Gasteiger partial charge in [0.05, 0.1) is 4.90 Å². The van der Waals surface area contributed by atoms with Gasteiger partial charge in [0.2, 0.25) is 0 Å². The number of nitrogens with one attached hydrogen (secondary N) is 2. The number of hydrogen-bond donors (Lipinski definition) is 2. The average molecular weight is 522 g/mol. The van der Waals surface area contributed by atoms with Gasteiger partial charge in [0, 0.05) is 31.3 Å². The van der Waals surface area contributed by atoms with Crippen LogP contribution in [0.1, 0.15) is 30.4 Å². The molecule has 7 nitrogen and oxygen atoms in total. The Balaban J connectivity index is 1.61. The van der Waals surface area contributed by atoms with Crippen molar-refractivity contribution in [2.75, 3.05) is 12.8 Å².